The van der Waals surface area contributed by atoms with Crippen LogP contribution in [0.3, 0.4) is 0 Å². The van der Waals surface area contributed by atoms with Crippen LogP contribution in [0.5, 0.6) is 0 Å². The lowest BCUT2D eigenvalue weighted by Gasteiger charge is -2.46. The summed E-state index contributed by atoms with van der Waals surface area (Å²) in [6, 6.07) is 3.84. The summed E-state index contributed by atoms with van der Waals surface area (Å²) in [5.74, 6) is 0. The number of aromatic nitrogens is 1. The molecule has 0 saturated carbocycles. The van der Waals surface area contributed by atoms with Gasteiger partial charge in [0.15, 0.2) is 0 Å². The Labute approximate surface area is 101 Å². The quantitative estimate of drug-likeness (QED) is 0.819. The smallest absolute Gasteiger partial charge is 0.129 e. The van der Waals surface area contributed by atoms with Gasteiger partial charge in [0.25, 0.3) is 0 Å². The first-order valence-electron chi connectivity index (χ1n) is 5.66. The van der Waals surface area contributed by atoms with Crippen molar-refractivity contribution in [1.82, 2.24) is 9.88 Å². The largest absolute Gasteiger partial charge is 0.387 e. The van der Waals surface area contributed by atoms with Crippen molar-refractivity contribution >= 4 is 11.6 Å². The van der Waals surface area contributed by atoms with Crippen LogP contribution < -0.4 is 0 Å². The fourth-order valence-corrected chi connectivity index (χ4v) is 2.52. The Balaban J connectivity index is 1.85. The molecule has 1 saturated heterocycles. The van der Waals surface area contributed by atoms with Crippen molar-refractivity contribution in [3.8, 4) is 0 Å². The summed E-state index contributed by atoms with van der Waals surface area (Å²) in [7, 11) is 0. The van der Waals surface area contributed by atoms with Crippen molar-refractivity contribution in [2.24, 2.45) is 0 Å². The summed E-state index contributed by atoms with van der Waals surface area (Å²) >= 11 is 5.82. The first-order chi connectivity index (χ1) is 7.61. The summed E-state index contributed by atoms with van der Waals surface area (Å²) in [5.41, 5.74) is 0.699. The Morgan fingerprint density at radius 1 is 1.56 bits per heavy atom. The van der Waals surface area contributed by atoms with Gasteiger partial charge in [-0.25, -0.2) is 4.98 Å². The molecule has 1 aromatic rings. The van der Waals surface area contributed by atoms with E-state index in [1.807, 2.05) is 12.1 Å². The minimum atomic E-state index is -0.453. The van der Waals surface area contributed by atoms with Gasteiger partial charge in [-0.2, -0.15) is 0 Å². The van der Waals surface area contributed by atoms with E-state index < -0.39 is 5.60 Å². The van der Waals surface area contributed by atoms with Gasteiger partial charge in [-0.1, -0.05) is 24.9 Å². The van der Waals surface area contributed by atoms with Crippen molar-refractivity contribution in [1.29, 1.82) is 0 Å². The molecule has 0 aliphatic carbocycles. The van der Waals surface area contributed by atoms with E-state index >= 15 is 0 Å². The van der Waals surface area contributed by atoms with Gasteiger partial charge in [-0.15, -0.1) is 0 Å². The molecule has 2 rings (SSSR count). The standard InChI is InChI=1S/C12H17ClN2O/c1-2-4-12(16)8-15(9-12)7-10-3-5-14-11(13)6-10/h3,5-6,16H,2,4,7-9H2,1H3. The number of likely N-dealkylation sites (tertiary alicyclic amines) is 1. The minimum absolute atomic E-state index is 0.453. The molecular weight excluding hydrogens is 224 g/mol. The van der Waals surface area contributed by atoms with Gasteiger partial charge in [0.1, 0.15) is 5.15 Å². The molecule has 16 heavy (non-hydrogen) atoms. The first-order valence-corrected chi connectivity index (χ1v) is 6.04. The Morgan fingerprint density at radius 3 is 2.94 bits per heavy atom. The van der Waals surface area contributed by atoms with Crippen LogP contribution in [-0.2, 0) is 6.54 Å². The lowest BCUT2D eigenvalue weighted by molar-refractivity contribution is -0.106. The first kappa shape index (κ1) is 11.8. The molecule has 0 unspecified atom stereocenters. The molecule has 3 nitrogen and oxygen atoms in total. The summed E-state index contributed by atoms with van der Waals surface area (Å²) in [6.45, 7) is 4.47. The van der Waals surface area contributed by atoms with Crippen LogP contribution in [0, 0.1) is 0 Å². The van der Waals surface area contributed by atoms with Gasteiger partial charge in [-0.3, -0.25) is 4.90 Å². The third kappa shape index (κ3) is 2.73. The van der Waals surface area contributed by atoms with Crippen molar-refractivity contribution in [3.05, 3.63) is 29.0 Å². The Morgan fingerprint density at radius 2 is 2.31 bits per heavy atom. The molecule has 1 aromatic heterocycles. The number of hydrogen-bond acceptors (Lipinski definition) is 3. The van der Waals surface area contributed by atoms with Crippen molar-refractivity contribution in [2.75, 3.05) is 13.1 Å². The third-order valence-corrected chi connectivity index (χ3v) is 3.16. The summed E-state index contributed by atoms with van der Waals surface area (Å²) in [5, 5.41) is 10.6. The van der Waals surface area contributed by atoms with Gasteiger partial charge in [0.2, 0.25) is 0 Å². The molecule has 0 aromatic carbocycles. The highest BCUT2D eigenvalue weighted by atomic mass is 35.5. The van der Waals surface area contributed by atoms with Crippen LogP contribution in [0.4, 0.5) is 0 Å². The van der Waals surface area contributed by atoms with Gasteiger partial charge in [0.05, 0.1) is 5.60 Å². The molecule has 4 heteroatoms. The molecule has 0 spiro atoms. The number of halogens is 1. The molecule has 1 fully saturated rings. The molecule has 1 aliphatic heterocycles. The number of β-amino-alcohol motifs (C(OH)–C–C–N with tert-alkyl or cyclic N) is 1. The maximum atomic E-state index is 10.0. The highest BCUT2D eigenvalue weighted by molar-refractivity contribution is 6.29. The lowest BCUT2D eigenvalue weighted by atomic mass is 9.89. The fourth-order valence-electron chi connectivity index (χ4n) is 2.32. The van der Waals surface area contributed by atoms with Gasteiger partial charge in [0, 0.05) is 25.8 Å². The van der Waals surface area contributed by atoms with Crippen LogP contribution >= 0.6 is 11.6 Å². The zero-order valence-electron chi connectivity index (χ0n) is 9.49. The highest BCUT2D eigenvalue weighted by Gasteiger charge is 2.39. The molecule has 1 N–H and O–H groups in total. The lowest BCUT2D eigenvalue weighted by Crippen LogP contribution is -2.60. The van der Waals surface area contributed by atoms with Crippen LogP contribution in [-0.4, -0.2) is 33.7 Å². The average molecular weight is 241 g/mol. The third-order valence-electron chi connectivity index (χ3n) is 2.95. The fraction of sp³-hybridized carbons (Fsp3) is 0.583. The summed E-state index contributed by atoms with van der Waals surface area (Å²) < 4.78 is 0. The van der Waals surface area contributed by atoms with E-state index in [4.69, 9.17) is 11.6 Å². The maximum absolute atomic E-state index is 10.0. The molecule has 88 valence electrons. The van der Waals surface area contributed by atoms with E-state index in [1.54, 1.807) is 6.20 Å². The molecular formula is C12H17ClN2O. The molecule has 0 atom stereocenters. The zero-order valence-corrected chi connectivity index (χ0v) is 10.2. The second-order valence-corrected chi connectivity index (χ2v) is 4.99. The van der Waals surface area contributed by atoms with E-state index in [-0.39, 0.29) is 0 Å². The Bertz CT molecular complexity index is 364. The predicted molar refractivity (Wildman–Crippen MR) is 64.4 cm³/mol. The van der Waals surface area contributed by atoms with E-state index in [9.17, 15) is 5.11 Å². The number of aliphatic hydroxyl groups is 1. The SMILES string of the molecule is CCCC1(O)CN(Cc2ccnc(Cl)c2)C1. The molecule has 2 heterocycles. The zero-order chi connectivity index (χ0) is 11.6. The number of nitrogens with zero attached hydrogens (tertiary/aromatic N) is 2. The number of hydrogen-bond donors (Lipinski definition) is 1. The average Bonchev–Trinajstić information content (AvgIpc) is 2.15. The van der Waals surface area contributed by atoms with Gasteiger partial charge < -0.3 is 5.11 Å². The van der Waals surface area contributed by atoms with E-state index in [0.29, 0.717) is 5.15 Å². The van der Waals surface area contributed by atoms with Gasteiger partial charge >= 0.3 is 0 Å². The summed E-state index contributed by atoms with van der Waals surface area (Å²) in [6.07, 6.45) is 3.64. The molecule has 0 bridgehead atoms. The highest BCUT2D eigenvalue weighted by Crippen LogP contribution is 2.27. The monoisotopic (exact) mass is 240 g/mol. The second kappa shape index (κ2) is 4.70. The topological polar surface area (TPSA) is 36.4 Å². The van der Waals surface area contributed by atoms with E-state index in [2.05, 4.69) is 16.8 Å². The van der Waals surface area contributed by atoms with Crippen LogP contribution in [0.1, 0.15) is 25.3 Å². The van der Waals surface area contributed by atoms with E-state index in [0.717, 1.165) is 38.0 Å². The Kier molecular flexibility index (Phi) is 3.47. The van der Waals surface area contributed by atoms with Crippen molar-refractivity contribution in [2.45, 2.75) is 31.9 Å². The van der Waals surface area contributed by atoms with Crippen molar-refractivity contribution < 1.29 is 5.11 Å². The predicted octanol–water partition coefficient (Wildman–Crippen LogP) is 2.08. The number of rotatable bonds is 4. The number of pyridine rings is 1. The van der Waals surface area contributed by atoms with Crippen LogP contribution in [0.15, 0.2) is 18.3 Å². The van der Waals surface area contributed by atoms with Gasteiger partial charge in [-0.05, 0) is 24.1 Å². The second-order valence-electron chi connectivity index (χ2n) is 4.61. The van der Waals surface area contributed by atoms with E-state index in [1.165, 1.54) is 0 Å². The molecule has 1 aliphatic rings. The minimum Gasteiger partial charge on any atom is -0.387 e. The normalized spacial score (nSPS) is 19.4. The van der Waals surface area contributed by atoms with Crippen LogP contribution in [0.2, 0.25) is 5.15 Å². The molecule has 0 radical (unpaired) electrons. The van der Waals surface area contributed by atoms with Crippen molar-refractivity contribution in [3.63, 3.8) is 0 Å². The maximum Gasteiger partial charge on any atom is 0.129 e. The molecule has 0 amide bonds. The summed E-state index contributed by atoms with van der Waals surface area (Å²) in [4.78, 5) is 6.17. The Hall–Kier alpha value is -0.640. The van der Waals surface area contributed by atoms with Crippen LogP contribution in [0.25, 0.3) is 0 Å².